The largest absolute Gasteiger partial charge is 0.389 e. The normalized spacial score (nSPS) is 22.9. The minimum absolute atomic E-state index is 0.0402. The highest BCUT2D eigenvalue weighted by atomic mass is 19.3. The summed E-state index contributed by atoms with van der Waals surface area (Å²) in [4.78, 5) is 9.38. The number of hydrogen-bond acceptors (Lipinski definition) is 5. The molecule has 0 aromatic carbocycles. The molecule has 1 unspecified atom stereocenters. The van der Waals surface area contributed by atoms with E-state index in [0.717, 1.165) is 30.8 Å². The van der Waals surface area contributed by atoms with Crippen molar-refractivity contribution in [2.75, 3.05) is 6.54 Å². The lowest BCUT2D eigenvalue weighted by Gasteiger charge is -2.31. The van der Waals surface area contributed by atoms with Gasteiger partial charge in [-0.3, -0.25) is 0 Å². The lowest BCUT2D eigenvalue weighted by Crippen LogP contribution is -2.31. The molecule has 1 saturated heterocycles. The summed E-state index contributed by atoms with van der Waals surface area (Å²) in [6.07, 6.45) is 11.1. The van der Waals surface area contributed by atoms with Crippen molar-refractivity contribution >= 4 is 5.78 Å². The highest BCUT2D eigenvalue weighted by molar-refractivity contribution is 5.33. The Morgan fingerprint density at radius 2 is 1.84 bits per heavy atom. The maximum absolute atomic E-state index is 13.4. The Kier molecular flexibility index (Phi) is 7.08. The topological polar surface area (TPSA) is 81.1 Å². The molecule has 1 aliphatic heterocycles. The summed E-state index contributed by atoms with van der Waals surface area (Å²) in [7, 11) is 0. The highest BCUT2D eigenvalue weighted by Crippen LogP contribution is 2.40. The molecule has 2 aromatic rings. The Morgan fingerprint density at radius 3 is 2.44 bits per heavy atom. The van der Waals surface area contributed by atoms with E-state index in [9.17, 15) is 8.78 Å². The lowest BCUT2D eigenvalue weighted by molar-refractivity contribution is -0.0484. The molecule has 3 heterocycles. The maximum Gasteiger partial charge on any atom is 0.251 e. The zero-order valence-electron chi connectivity index (χ0n) is 19.1. The van der Waals surface area contributed by atoms with Gasteiger partial charge in [0.1, 0.15) is 0 Å². The lowest BCUT2D eigenvalue weighted by atomic mass is 9.81. The van der Waals surface area contributed by atoms with Crippen LogP contribution in [0, 0.1) is 12.8 Å². The monoisotopic (exact) mass is 446 g/mol. The number of nitrogens with two attached hydrogens (primary N) is 1. The van der Waals surface area contributed by atoms with Gasteiger partial charge in [-0.2, -0.15) is 5.10 Å². The third kappa shape index (κ3) is 5.45. The van der Waals surface area contributed by atoms with Crippen LogP contribution in [-0.4, -0.2) is 32.0 Å². The van der Waals surface area contributed by atoms with Crippen molar-refractivity contribution in [2.45, 2.75) is 95.4 Å². The average molecular weight is 447 g/mol. The number of imidazole rings is 1. The molecule has 5 rings (SSSR count). The van der Waals surface area contributed by atoms with Crippen molar-refractivity contribution in [3.05, 3.63) is 35.6 Å². The van der Waals surface area contributed by atoms with Crippen LogP contribution in [0.3, 0.4) is 0 Å². The summed E-state index contributed by atoms with van der Waals surface area (Å²) in [6, 6.07) is -0.340. The molecule has 2 aliphatic carbocycles. The van der Waals surface area contributed by atoms with Crippen LogP contribution in [0.15, 0.2) is 18.5 Å². The first kappa shape index (κ1) is 23.1. The summed E-state index contributed by atoms with van der Waals surface area (Å²) in [5, 5.41) is 7.76. The average Bonchev–Trinajstić information content (AvgIpc) is 3.42. The van der Waals surface area contributed by atoms with E-state index in [1.54, 1.807) is 4.52 Å². The van der Waals surface area contributed by atoms with E-state index in [2.05, 4.69) is 22.0 Å². The number of hydrogen-bond donors (Lipinski definition) is 2. The van der Waals surface area contributed by atoms with Crippen molar-refractivity contribution in [1.29, 1.82) is 0 Å². The zero-order chi connectivity index (χ0) is 22.7. The number of nitrogens with zero attached hydrogens (tertiary/aromatic N) is 4. The van der Waals surface area contributed by atoms with Gasteiger partial charge in [0.05, 0.1) is 29.3 Å². The number of aromatic nitrogens is 4. The second kappa shape index (κ2) is 9.81. The molecule has 32 heavy (non-hydrogen) atoms. The van der Waals surface area contributed by atoms with Crippen LogP contribution < -0.4 is 11.1 Å². The molecule has 1 atom stereocenters. The summed E-state index contributed by atoms with van der Waals surface area (Å²) in [5.41, 5.74) is 10.3. The van der Waals surface area contributed by atoms with Gasteiger partial charge in [0.2, 0.25) is 5.92 Å². The van der Waals surface area contributed by atoms with E-state index in [4.69, 9.17) is 10.7 Å². The summed E-state index contributed by atoms with van der Waals surface area (Å²) in [5.74, 6) is -1.46. The first-order valence-electron chi connectivity index (χ1n) is 12.1. The van der Waals surface area contributed by atoms with Crippen LogP contribution in [0.4, 0.5) is 8.78 Å². The molecule has 3 aliphatic rings. The Balaban J connectivity index is 0.000000354. The Bertz CT molecular complexity index is 916. The summed E-state index contributed by atoms with van der Waals surface area (Å²) < 4.78 is 28.5. The SMILES string of the molecule is C=C1CCCN1.Cc1nn2cc(C(N)C3CCC(F)(F)CC3)nc2nc1C1CCCCC1. The molecule has 0 spiro atoms. The van der Waals surface area contributed by atoms with Crippen molar-refractivity contribution in [3.8, 4) is 0 Å². The number of aryl methyl sites for hydroxylation is 1. The molecule has 6 nitrogen and oxygen atoms in total. The smallest absolute Gasteiger partial charge is 0.251 e. The van der Waals surface area contributed by atoms with Crippen LogP contribution in [0.2, 0.25) is 0 Å². The first-order valence-corrected chi connectivity index (χ1v) is 12.1. The van der Waals surface area contributed by atoms with Crippen LogP contribution in [0.5, 0.6) is 0 Å². The van der Waals surface area contributed by atoms with E-state index < -0.39 is 5.92 Å². The quantitative estimate of drug-likeness (QED) is 0.678. The van der Waals surface area contributed by atoms with Crippen LogP contribution in [0.1, 0.15) is 99.7 Å². The Labute approximate surface area is 189 Å². The van der Waals surface area contributed by atoms with Gasteiger partial charge in [0.25, 0.3) is 5.78 Å². The molecule has 176 valence electrons. The highest BCUT2D eigenvalue weighted by Gasteiger charge is 2.37. The van der Waals surface area contributed by atoms with Gasteiger partial charge < -0.3 is 11.1 Å². The Hall–Kier alpha value is -2.09. The molecule has 0 bridgehead atoms. The molecule has 3 fully saturated rings. The van der Waals surface area contributed by atoms with Crippen LogP contribution in [-0.2, 0) is 0 Å². The molecule has 0 amide bonds. The van der Waals surface area contributed by atoms with Gasteiger partial charge in [0, 0.05) is 31.0 Å². The molecule has 0 radical (unpaired) electrons. The maximum atomic E-state index is 13.4. The van der Waals surface area contributed by atoms with Crippen LogP contribution in [0.25, 0.3) is 5.78 Å². The van der Waals surface area contributed by atoms with Gasteiger partial charge in [-0.05, 0) is 51.4 Å². The second-order valence-corrected chi connectivity index (χ2v) is 9.68. The second-order valence-electron chi connectivity index (χ2n) is 9.68. The standard InChI is InChI=1S/C19H27F2N5.C5H9N/c1-12-17(14-5-3-2-4-6-14)24-18-23-15(11-26(18)25-12)16(22)13-7-9-19(20,21)10-8-13;1-5-3-2-4-6-5/h11,13-14,16H,2-10,22H2,1H3;6H,1-4H2. The molecular weight excluding hydrogens is 410 g/mol. The summed E-state index contributed by atoms with van der Waals surface area (Å²) in [6.45, 7) is 6.88. The number of alkyl halides is 2. The molecule has 8 heteroatoms. The van der Waals surface area contributed by atoms with Gasteiger partial charge in [-0.15, -0.1) is 0 Å². The zero-order valence-corrected chi connectivity index (χ0v) is 19.1. The van der Waals surface area contributed by atoms with Crippen LogP contribution >= 0.6 is 0 Å². The minimum Gasteiger partial charge on any atom is -0.389 e. The first-order chi connectivity index (χ1) is 15.3. The Morgan fingerprint density at radius 1 is 1.12 bits per heavy atom. The van der Waals surface area contributed by atoms with Gasteiger partial charge >= 0.3 is 0 Å². The van der Waals surface area contributed by atoms with Gasteiger partial charge in [-0.1, -0.05) is 25.8 Å². The van der Waals surface area contributed by atoms with E-state index in [-0.39, 0.29) is 24.8 Å². The fraction of sp³-hybridized carbons (Fsp3) is 0.708. The summed E-state index contributed by atoms with van der Waals surface area (Å²) >= 11 is 0. The van der Waals surface area contributed by atoms with E-state index in [1.807, 2.05) is 13.1 Å². The van der Waals surface area contributed by atoms with Crippen molar-refractivity contribution < 1.29 is 8.78 Å². The third-order valence-electron chi connectivity index (χ3n) is 7.17. The van der Waals surface area contributed by atoms with E-state index in [1.165, 1.54) is 37.8 Å². The number of fused-ring (bicyclic) bond motifs is 1. The molecular formula is C24H36F2N6. The minimum atomic E-state index is -2.54. The van der Waals surface area contributed by atoms with Gasteiger partial charge in [-0.25, -0.2) is 23.3 Å². The molecule has 3 N–H and O–H groups in total. The fourth-order valence-electron chi connectivity index (χ4n) is 5.17. The fourth-order valence-corrected chi connectivity index (χ4v) is 5.17. The van der Waals surface area contributed by atoms with Crippen molar-refractivity contribution in [3.63, 3.8) is 0 Å². The van der Waals surface area contributed by atoms with Gasteiger partial charge in [0.15, 0.2) is 0 Å². The van der Waals surface area contributed by atoms with Crippen molar-refractivity contribution in [1.82, 2.24) is 24.9 Å². The number of nitrogens with one attached hydrogen (secondary N) is 1. The van der Waals surface area contributed by atoms with Crippen molar-refractivity contribution in [2.24, 2.45) is 11.7 Å². The molecule has 2 aromatic heterocycles. The molecule has 2 saturated carbocycles. The number of halogens is 2. The predicted octanol–water partition coefficient (Wildman–Crippen LogP) is 5.19. The number of allylic oxidation sites excluding steroid dienone is 1. The van der Waals surface area contributed by atoms with E-state index >= 15 is 0 Å². The van der Waals surface area contributed by atoms with E-state index in [0.29, 0.717) is 30.2 Å². The predicted molar refractivity (Wildman–Crippen MR) is 122 cm³/mol. The third-order valence-corrected chi connectivity index (χ3v) is 7.17. The number of rotatable bonds is 3.